The van der Waals surface area contributed by atoms with Crippen LogP contribution in [0.1, 0.15) is 98.8 Å². The molecule has 2 unspecified atom stereocenters. The van der Waals surface area contributed by atoms with Crippen molar-refractivity contribution >= 4 is 0 Å². The van der Waals surface area contributed by atoms with Crippen molar-refractivity contribution in [3.8, 4) is 0 Å². The van der Waals surface area contributed by atoms with E-state index in [1.807, 2.05) is 0 Å². The molecule has 0 bridgehead atoms. The minimum atomic E-state index is 0.466. The molecular weight excluding hydrogens is 288 g/mol. The van der Waals surface area contributed by atoms with Crippen LogP contribution in [0.2, 0.25) is 0 Å². The van der Waals surface area contributed by atoms with Gasteiger partial charge >= 0.3 is 0 Å². The van der Waals surface area contributed by atoms with Crippen LogP contribution < -0.4 is 0 Å². The van der Waals surface area contributed by atoms with Crippen molar-refractivity contribution in [1.29, 1.82) is 0 Å². The van der Waals surface area contributed by atoms with E-state index >= 15 is 0 Å². The van der Waals surface area contributed by atoms with Gasteiger partial charge in [-0.05, 0) is 93.8 Å². The molecule has 2 rings (SSSR count). The van der Waals surface area contributed by atoms with Crippen LogP contribution in [-0.2, 0) is 0 Å². The molecule has 138 valence electrons. The number of hydrogen-bond donors (Lipinski definition) is 0. The van der Waals surface area contributed by atoms with Crippen molar-refractivity contribution in [1.82, 2.24) is 0 Å². The molecule has 1 fully saturated rings. The summed E-state index contributed by atoms with van der Waals surface area (Å²) in [4.78, 5) is 0. The Kier molecular flexibility index (Phi) is 7.63. The van der Waals surface area contributed by atoms with Crippen LogP contribution in [0.3, 0.4) is 0 Å². The average Bonchev–Trinajstić information content (AvgIpc) is 2.96. The summed E-state index contributed by atoms with van der Waals surface area (Å²) in [5.41, 5.74) is 2.16. The molecular formula is C24H42. The third kappa shape index (κ3) is 5.78. The Bertz CT molecular complexity index is 412. The van der Waals surface area contributed by atoms with E-state index < -0.39 is 0 Å². The lowest BCUT2D eigenvalue weighted by Gasteiger charge is -2.32. The second kappa shape index (κ2) is 9.25. The molecule has 1 saturated carbocycles. The minimum Gasteiger partial charge on any atom is -0.0885 e. The summed E-state index contributed by atoms with van der Waals surface area (Å²) in [6, 6.07) is 0. The predicted molar refractivity (Wildman–Crippen MR) is 108 cm³/mol. The number of rotatable bonds is 7. The van der Waals surface area contributed by atoms with E-state index in [2.05, 4.69) is 52.8 Å². The first-order valence-corrected chi connectivity index (χ1v) is 10.7. The Balaban J connectivity index is 1.63. The van der Waals surface area contributed by atoms with Gasteiger partial charge in [-0.15, -0.1) is 0 Å². The van der Waals surface area contributed by atoms with Crippen LogP contribution in [0, 0.1) is 29.1 Å². The molecule has 2 aliphatic carbocycles. The molecule has 2 atom stereocenters. The molecule has 0 aromatic carbocycles. The van der Waals surface area contributed by atoms with E-state index in [9.17, 15) is 0 Å². The SMILES string of the molecule is CCC(CC/C=C\CC1CCC(C2CCC=C2C)CC1)C(C)(C)C. The summed E-state index contributed by atoms with van der Waals surface area (Å²) in [6.07, 6.45) is 21.4. The predicted octanol–water partition coefficient (Wildman–Crippen LogP) is 7.95. The lowest BCUT2D eigenvalue weighted by molar-refractivity contribution is 0.219. The van der Waals surface area contributed by atoms with Gasteiger partial charge in [0.2, 0.25) is 0 Å². The first-order chi connectivity index (χ1) is 11.4. The first-order valence-electron chi connectivity index (χ1n) is 10.7. The van der Waals surface area contributed by atoms with Crippen LogP contribution in [0.15, 0.2) is 23.8 Å². The smallest absolute Gasteiger partial charge is 0.0175 e. The topological polar surface area (TPSA) is 0 Å². The van der Waals surface area contributed by atoms with Crippen molar-refractivity contribution in [3.05, 3.63) is 23.8 Å². The highest BCUT2D eigenvalue weighted by Gasteiger charge is 2.29. The van der Waals surface area contributed by atoms with Gasteiger partial charge in [-0.1, -0.05) is 57.9 Å². The molecule has 24 heavy (non-hydrogen) atoms. The Hall–Kier alpha value is -0.520. The van der Waals surface area contributed by atoms with Gasteiger partial charge in [0, 0.05) is 0 Å². The zero-order valence-corrected chi connectivity index (χ0v) is 17.1. The maximum Gasteiger partial charge on any atom is -0.0175 e. The van der Waals surface area contributed by atoms with Crippen molar-refractivity contribution < 1.29 is 0 Å². The highest BCUT2D eigenvalue weighted by molar-refractivity contribution is 5.11. The summed E-state index contributed by atoms with van der Waals surface area (Å²) < 4.78 is 0. The fourth-order valence-corrected chi connectivity index (χ4v) is 5.26. The van der Waals surface area contributed by atoms with Gasteiger partial charge in [-0.3, -0.25) is 0 Å². The Morgan fingerprint density at radius 2 is 1.79 bits per heavy atom. The quantitative estimate of drug-likeness (QED) is 0.415. The average molecular weight is 331 g/mol. The molecule has 0 amide bonds. The molecule has 0 aromatic heterocycles. The molecule has 0 N–H and O–H groups in total. The van der Waals surface area contributed by atoms with Crippen molar-refractivity contribution in [2.45, 2.75) is 98.8 Å². The van der Waals surface area contributed by atoms with E-state index in [4.69, 9.17) is 0 Å². The largest absolute Gasteiger partial charge is 0.0885 e. The van der Waals surface area contributed by atoms with Gasteiger partial charge in [0.15, 0.2) is 0 Å². The monoisotopic (exact) mass is 330 g/mol. The Morgan fingerprint density at radius 1 is 1.08 bits per heavy atom. The van der Waals surface area contributed by atoms with Crippen LogP contribution >= 0.6 is 0 Å². The second-order valence-corrected chi connectivity index (χ2v) is 9.67. The zero-order chi connectivity index (χ0) is 17.6. The maximum absolute atomic E-state index is 2.50. The Morgan fingerprint density at radius 3 is 2.33 bits per heavy atom. The van der Waals surface area contributed by atoms with E-state index in [1.54, 1.807) is 5.57 Å². The van der Waals surface area contributed by atoms with Gasteiger partial charge in [-0.2, -0.15) is 0 Å². The third-order valence-corrected chi connectivity index (χ3v) is 7.02. The van der Waals surface area contributed by atoms with Crippen molar-refractivity contribution in [3.63, 3.8) is 0 Å². The first kappa shape index (κ1) is 19.8. The standard InChI is InChI=1S/C24H42/c1-6-22(24(3,4)5)13-9-7-8-12-20-15-17-21(18-16-20)23-14-10-11-19(23)2/h7-8,11,20-23H,6,9-10,12-18H2,1-5H3/b8-7-. The van der Waals surface area contributed by atoms with Gasteiger partial charge in [0.1, 0.15) is 0 Å². The molecule has 0 saturated heterocycles. The molecule has 2 aliphatic rings. The summed E-state index contributed by atoms with van der Waals surface area (Å²) in [7, 11) is 0. The van der Waals surface area contributed by atoms with Gasteiger partial charge in [-0.25, -0.2) is 0 Å². The van der Waals surface area contributed by atoms with Crippen molar-refractivity contribution in [2.24, 2.45) is 29.1 Å². The zero-order valence-electron chi connectivity index (χ0n) is 17.1. The molecule has 0 radical (unpaired) electrons. The molecule has 0 nitrogen and oxygen atoms in total. The van der Waals surface area contributed by atoms with Gasteiger partial charge in [0.05, 0.1) is 0 Å². The molecule has 0 aromatic rings. The third-order valence-electron chi connectivity index (χ3n) is 7.02. The molecule has 0 spiro atoms. The van der Waals surface area contributed by atoms with Crippen LogP contribution in [0.5, 0.6) is 0 Å². The molecule has 0 heterocycles. The maximum atomic E-state index is 2.50. The van der Waals surface area contributed by atoms with Gasteiger partial charge in [0.25, 0.3) is 0 Å². The lowest BCUT2D eigenvalue weighted by atomic mass is 9.73. The van der Waals surface area contributed by atoms with E-state index in [0.29, 0.717) is 5.41 Å². The summed E-state index contributed by atoms with van der Waals surface area (Å²) in [5, 5.41) is 0. The Labute approximate surface area is 152 Å². The number of hydrogen-bond acceptors (Lipinski definition) is 0. The van der Waals surface area contributed by atoms with Crippen LogP contribution in [-0.4, -0.2) is 0 Å². The van der Waals surface area contributed by atoms with E-state index in [1.165, 1.54) is 64.2 Å². The van der Waals surface area contributed by atoms with Crippen LogP contribution in [0.4, 0.5) is 0 Å². The lowest BCUT2D eigenvalue weighted by Crippen LogP contribution is -2.21. The summed E-state index contributed by atoms with van der Waals surface area (Å²) >= 11 is 0. The van der Waals surface area contributed by atoms with E-state index in [-0.39, 0.29) is 0 Å². The normalized spacial score (nSPS) is 29.9. The minimum absolute atomic E-state index is 0.466. The van der Waals surface area contributed by atoms with E-state index in [0.717, 1.165) is 23.7 Å². The fourth-order valence-electron chi connectivity index (χ4n) is 5.26. The van der Waals surface area contributed by atoms with Gasteiger partial charge < -0.3 is 0 Å². The highest BCUT2D eigenvalue weighted by atomic mass is 14.3. The highest BCUT2D eigenvalue weighted by Crippen LogP contribution is 2.42. The van der Waals surface area contributed by atoms with Crippen LogP contribution in [0.25, 0.3) is 0 Å². The second-order valence-electron chi connectivity index (χ2n) is 9.67. The number of allylic oxidation sites excluding steroid dienone is 4. The fraction of sp³-hybridized carbons (Fsp3) is 0.833. The summed E-state index contributed by atoms with van der Waals surface area (Å²) in [5.74, 6) is 3.76. The molecule has 0 aliphatic heterocycles. The molecule has 0 heteroatoms. The van der Waals surface area contributed by atoms with Crippen molar-refractivity contribution in [2.75, 3.05) is 0 Å². The summed E-state index contributed by atoms with van der Waals surface area (Å²) in [6.45, 7) is 11.9.